The lowest BCUT2D eigenvalue weighted by Crippen LogP contribution is -2.40. The van der Waals surface area contributed by atoms with Crippen LogP contribution < -0.4 is 0 Å². The number of β-amino-alcohol motifs (C(OH)–C–C–N with tert-alkyl or cyclic N) is 1. The van der Waals surface area contributed by atoms with Gasteiger partial charge in [-0.2, -0.15) is 0 Å². The third kappa shape index (κ3) is 6.16. The molecule has 0 aliphatic carbocycles. The summed E-state index contributed by atoms with van der Waals surface area (Å²) >= 11 is 0. The summed E-state index contributed by atoms with van der Waals surface area (Å²) in [6, 6.07) is 10.7. The molecule has 0 unspecified atom stereocenters. The number of benzene rings is 1. The Labute approximate surface area is 129 Å². The maximum Gasteiger partial charge on any atom is 0.0639 e. The van der Waals surface area contributed by atoms with Crippen LogP contribution in [-0.2, 0) is 6.42 Å². The van der Waals surface area contributed by atoms with Crippen molar-refractivity contribution in [2.24, 2.45) is 5.92 Å². The number of aliphatic hydroxyl groups is 1. The minimum atomic E-state index is -0.199. The molecule has 3 heteroatoms. The number of hydrogen-bond donors (Lipinski definition) is 1. The fraction of sp³-hybridized carbons (Fsp3) is 0.667. The van der Waals surface area contributed by atoms with Crippen molar-refractivity contribution in [2.45, 2.75) is 32.3 Å². The van der Waals surface area contributed by atoms with Crippen LogP contribution in [0.1, 0.15) is 25.3 Å². The predicted octanol–water partition coefficient (Wildman–Crippen LogP) is 2.25. The first-order valence-electron chi connectivity index (χ1n) is 8.26. The number of rotatable bonds is 7. The van der Waals surface area contributed by atoms with Gasteiger partial charge in [-0.05, 0) is 57.8 Å². The molecule has 1 aliphatic rings. The Hall–Kier alpha value is -0.900. The average Bonchev–Trinajstić information content (AvgIpc) is 2.48. The van der Waals surface area contributed by atoms with Crippen molar-refractivity contribution in [1.29, 1.82) is 0 Å². The normalized spacial score (nSPS) is 19.0. The summed E-state index contributed by atoms with van der Waals surface area (Å²) in [5, 5.41) is 9.44. The Morgan fingerprint density at radius 2 is 1.90 bits per heavy atom. The first-order valence-corrected chi connectivity index (χ1v) is 8.26. The van der Waals surface area contributed by atoms with E-state index in [9.17, 15) is 5.11 Å². The van der Waals surface area contributed by atoms with E-state index in [0.717, 1.165) is 38.5 Å². The number of piperidine rings is 1. The third-order valence-electron chi connectivity index (χ3n) is 4.42. The average molecular weight is 290 g/mol. The summed E-state index contributed by atoms with van der Waals surface area (Å²) in [6.45, 7) is 7.33. The summed E-state index contributed by atoms with van der Waals surface area (Å²) in [4.78, 5) is 4.87. The summed E-state index contributed by atoms with van der Waals surface area (Å²) in [6.07, 6.45) is 3.47. The topological polar surface area (TPSA) is 26.7 Å². The van der Waals surface area contributed by atoms with Crippen molar-refractivity contribution in [2.75, 3.05) is 39.8 Å². The summed E-state index contributed by atoms with van der Waals surface area (Å²) in [5.41, 5.74) is 1.43. The van der Waals surface area contributed by atoms with Gasteiger partial charge in [0, 0.05) is 19.6 Å². The first-order chi connectivity index (χ1) is 10.1. The molecule has 0 amide bonds. The van der Waals surface area contributed by atoms with Crippen LogP contribution >= 0.6 is 0 Å². The van der Waals surface area contributed by atoms with Crippen LogP contribution in [0.3, 0.4) is 0 Å². The van der Waals surface area contributed by atoms with Crippen LogP contribution in [0.5, 0.6) is 0 Å². The molecule has 0 radical (unpaired) electrons. The molecule has 1 aliphatic heterocycles. The monoisotopic (exact) mass is 290 g/mol. The van der Waals surface area contributed by atoms with Gasteiger partial charge in [0.05, 0.1) is 6.10 Å². The molecule has 118 valence electrons. The van der Waals surface area contributed by atoms with Crippen LogP contribution in [0.15, 0.2) is 30.3 Å². The molecule has 1 atom stereocenters. The van der Waals surface area contributed by atoms with E-state index in [1.165, 1.54) is 24.9 Å². The molecule has 1 N–H and O–H groups in total. The zero-order valence-corrected chi connectivity index (χ0v) is 13.5. The molecule has 0 saturated carbocycles. The van der Waals surface area contributed by atoms with Crippen LogP contribution in [0.4, 0.5) is 0 Å². The molecular weight excluding hydrogens is 260 g/mol. The Morgan fingerprint density at radius 3 is 2.52 bits per heavy atom. The fourth-order valence-corrected chi connectivity index (χ4v) is 3.22. The van der Waals surface area contributed by atoms with E-state index in [-0.39, 0.29) is 6.10 Å². The summed E-state index contributed by atoms with van der Waals surface area (Å²) in [7, 11) is 2.24. The molecule has 1 heterocycles. The van der Waals surface area contributed by atoms with Crippen molar-refractivity contribution in [1.82, 2.24) is 9.80 Å². The van der Waals surface area contributed by atoms with Crippen molar-refractivity contribution < 1.29 is 5.11 Å². The van der Waals surface area contributed by atoms with E-state index in [4.69, 9.17) is 0 Å². The fourth-order valence-electron chi connectivity index (χ4n) is 3.22. The molecule has 1 saturated heterocycles. The van der Waals surface area contributed by atoms with Crippen LogP contribution in [-0.4, -0.2) is 60.8 Å². The highest BCUT2D eigenvalue weighted by Crippen LogP contribution is 2.18. The van der Waals surface area contributed by atoms with E-state index >= 15 is 0 Å². The Kier molecular flexibility index (Phi) is 6.68. The SMILES string of the molecule is C[C@@H](O)CN1CCC(CN(C)CCc2ccccc2)CC1. The maximum atomic E-state index is 9.44. The van der Waals surface area contributed by atoms with Crippen molar-refractivity contribution in [3.63, 3.8) is 0 Å². The van der Waals surface area contributed by atoms with Gasteiger partial charge in [0.25, 0.3) is 0 Å². The third-order valence-corrected chi connectivity index (χ3v) is 4.42. The largest absolute Gasteiger partial charge is 0.392 e. The molecule has 0 bridgehead atoms. The molecule has 1 aromatic rings. The minimum Gasteiger partial charge on any atom is -0.392 e. The molecule has 0 spiro atoms. The summed E-state index contributed by atoms with van der Waals surface area (Å²) in [5.74, 6) is 0.816. The summed E-state index contributed by atoms with van der Waals surface area (Å²) < 4.78 is 0. The van der Waals surface area contributed by atoms with Gasteiger partial charge in [-0.1, -0.05) is 30.3 Å². The second-order valence-electron chi connectivity index (χ2n) is 6.59. The van der Waals surface area contributed by atoms with Gasteiger partial charge in [0.1, 0.15) is 0 Å². The van der Waals surface area contributed by atoms with Gasteiger partial charge in [-0.15, -0.1) is 0 Å². The van der Waals surface area contributed by atoms with Crippen molar-refractivity contribution >= 4 is 0 Å². The minimum absolute atomic E-state index is 0.199. The number of nitrogens with zero attached hydrogens (tertiary/aromatic N) is 2. The lowest BCUT2D eigenvalue weighted by Gasteiger charge is -2.34. The van der Waals surface area contributed by atoms with E-state index in [1.54, 1.807) is 0 Å². The highest BCUT2D eigenvalue weighted by atomic mass is 16.3. The second-order valence-corrected chi connectivity index (χ2v) is 6.59. The van der Waals surface area contributed by atoms with E-state index in [1.807, 2.05) is 6.92 Å². The highest BCUT2D eigenvalue weighted by Gasteiger charge is 2.20. The molecule has 0 aromatic heterocycles. The number of likely N-dealkylation sites (N-methyl/N-ethyl adjacent to an activating group) is 1. The second kappa shape index (κ2) is 8.52. The lowest BCUT2D eigenvalue weighted by molar-refractivity contribution is 0.0927. The van der Waals surface area contributed by atoms with Gasteiger partial charge in [0.15, 0.2) is 0 Å². The Balaban J connectivity index is 1.64. The van der Waals surface area contributed by atoms with Crippen molar-refractivity contribution in [3.05, 3.63) is 35.9 Å². The molecule has 1 fully saturated rings. The predicted molar refractivity (Wildman–Crippen MR) is 88.5 cm³/mol. The van der Waals surface area contributed by atoms with Gasteiger partial charge in [-0.25, -0.2) is 0 Å². The Bertz CT molecular complexity index is 385. The van der Waals surface area contributed by atoms with Gasteiger partial charge >= 0.3 is 0 Å². The van der Waals surface area contributed by atoms with Crippen molar-refractivity contribution in [3.8, 4) is 0 Å². The van der Waals surface area contributed by atoms with Crippen LogP contribution in [0.2, 0.25) is 0 Å². The van der Waals surface area contributed by atoms with Gasteiger partial charge in [-0.3, -0.25) is 0 Å². The van der Waals surface area contributed by atoms with Crippen LogP contribution in [0.25, 0.3) is 0 Å². The Morgan fingerprint density at radius 1 is 1.24 bits per heavy atom. The van der Waals surface area contributed by atoms with Gasteiger partial charge in [0.2, 0.25) is 0 Å². The molecule has 3 nitrogen and oxygen atoms in total. The highest BCUT2D eigenvalue weighted by molar-refractivity contribution is 5.14. The van der Waals surface area contributed by atoms with E-state index in [2.05, 4.69) is 47.2 Å². The standard InChI is InChI=1S/C18H30N2O/c1-16(21)14-20-12-9-18(10-13-20)15-19(2)11-8-17-6-4-3-5-7-17/h3-7,16,18,21H,8-15H2,1-2H3/t16-/m1/s1. The smallest absolute Gasteiger partial charge is 0.0639 e. The maximum absolute atomic E-state index is 9.44. The molecule has 2 rings (SSSR count). The number of aliphatic hydroxyl groups excluding tert-OH is 1. The molecule has 21 heavy (non-hydrogen) atoms. The van der Waals surface area contributed by atoms with Crippen LogP contribution in [0, 0.1) is 5.92 Å². The number of hydrogen-bond acceptors (Lipinski definition) is 3. The molecular formula is C18H30N2O. The van der Waals surface area contributed by atoms with Gasteiger partial charge < -0.3 is 14.9 Å². The van der Waals surface area contributed by atoms with E-state index < -0.39 is 0 Å². The zero-order chi connectivity index (χ0) is 15.1. The quantitative estimate of drug-likeness (QED) is 0.834. The zero-order valence-electron chi connectivity index (χ0n) is 13.5. The molecule has 1 aromatic carbocycles. The first kappa shape index (κ1) is 16.5. The number of likely N-dealkylation sites (tertiary alicyclic amines) is 1. The lowest BCUT2D eigenvalue weighted by atomic mass is 9.96. The van der Waals surface area contributed by atoms with E-state index in [0.29, 0.717) is 0 Å².